The minimum atomic E-state index is -0.386. The highest BCUT2D eigenvalue weighted by Gasteiger charge is 2.07. The number of unbranched alkanes of at least 4 members (excludes halogenated alkanes) is 1. The van der Waals surface area contributed by atoms with Gasteiger partial charge in [0.25, 0.3) is 0 Å². The van der Waals surface area contributed by atoms with Crippen LogP contribution in [0.1, 0.15) is 31.4 Å². The second kappa shape index (κ2) is 6.84. The molecule has 0 saturated heterocycles. The molecule has 4 heteroatoms. The zero-order valence-corrected chi connectivity index (χ0v) is 10.1. The third kappa shape index (κ3) is 4.08. The van der Waals surface area contributed by atoms with Gasteiger partial charge in [0.05, 0.1) is 5.02 Å². The molecule has 1 rings (SSSR count). The van der Waals surface area contributed by atoms with E-state index in [1.54, 1.807) is 6.07 Å². The Morgan fingerprint density at radius 2 is 2.19 bits per heavy atom. The van der Waals surface area contributed by atoms with Gasteiger partial charge in [-0.1, -0.05) is 17.7 Å². The molecule has 0 saturated carbocycles. The maximum atomic E-state index is 13.2. The predicted molar refractivity (Wildman–Crippen MR) is 64.1 cm³/mol. The van der Waals surface area contributed by atoms with Crippen LogP contribution >= 0.6 is 11.6 Å². The number of aliphatic hydroxyl groups excluding tert-OH is 1. The van der Waals surface area contributed by atoms with Crippen molar-refractivity contribution >= 4 is 11.6 Å². The SMILES string of the molecule is CC(NCCCCO)c1ccc(Cl)c(F)c1. The number of benzene rings is 1. The number of rotatable bonds is 6. The molecule has 0 aliphatic heterocycles. The Morgan fingerprint density at radius 3 is 2.81 bits per heavy atom. The summed E-state index contributed by atoms with van der Waals surface area (Å²) in [7, 11) is 0. The quantitative estimate of drug-likeness (QED) is 0.756. The van der Waals surface area contributed by atoms with E-state index < -0.39 is 0 Å². The molecule has 0 aromatic heterocycles. The lowest BCUT2D eigenvalue weighted by Gasteiger charge is -2.14. The summed E-state index contributed by atoms with van der Waals surface area (Å²) in [6.07, 6.45) is 1.70. The normalized spacial score (nSPS) is 12.8. The van der Waals surface area contributed by atoms with E-state index in [4.69, 9.17) is 16.7 Å². The van der Waals surface area contributed by atoms with Gasteiger partial charge in [0, 0.05) is 12.6 Å². The van der Waals surface area contributed by atoms with Gasteiger partial charge in [0.15, 0.2) is 0 Å². The van der Waals surface area contributed by atoms with Gasteiger partial charge in [-0.05, 0) is 44.0 Å². The van der Waals surface area contributed by atoms with Gasteiger partial charge in [0.2, 0.25) is 0 Å². The average Bonchev–Trinajstić information content (AvgIpc) is 2.28. The van der Waals surface area contributed by atoms with E-state index in [0.29, 0.717) is 0 Å². The summed E-state index contributed by atoms with van der Waals surface area (Å²) >= 11 is 5.61. The fourth-order valence-electron chi connectivity index (χ4n) is 1.45. The minimum absolute atomic E-state index is 0.0884. The van der Waals surface area contributed by atoms with Crippen LogP contribution in [0.5, 0.6) is 0 Å². The second-order valence-electron chi connectivity index (χ2n) is 3.78. The number of nitrogens with one attached hydrogen (secondary N) is 1. The van der Waals surface area contributed by atoms with Crippen molar-refractivity contribution in [3.63, 3.8) is 0 Å². The third-order valence-corrected chi connectivity index (χ3v) is 2.79. The molecule has 0 aliphatic carbocycles. The van der Waals surface area contributed by atoms with Crippen LogP contribution in [0, 0.1) is 5.82 Å². The van der Waals surface area contributed by atoms with Crippen molar-refractivity contribution in [2.24, 2.45) is 0 Å². The molecule has 1 atom stereocenters. The Bertz CT molecular complexity index is 333. The lowest BCUT2D eigenvalue weighted by atomic mass is 10.1. The smallest absolute Gasteiger partial charge is 0.142 e. The first kappa shape index (κ1) is 13.4. The summed E-state index contributed by atoms with van der Waals surface area (Å²) in [5, 5.41) is 12.0. The van der Waals surface area contributed by atoms with Crippen LogP contribution in [0.15, 0.2) is 18.2 Å². The van der Waals surface area contributed by atoms with Crippen LogP contribution in [0.2, 0.25) is 5.02 Å². The van der Waals surface area contributed by atoms with Crippen LogP contribution in [-0.2, 0) is 0 Å². The molecule has 0 bridgehead atoms. The standard InChI is InChI=1S/C12H17ClFNO/c1-9(15-6-2-3-7-16)10-4-5-11(13)12(14)8-10/h4-5,8-9,15-16H,2-3,6-7H2,1H3. The van der Waals surface area contributed by atoms with Gasteiger partial charge >= 0.3 is 0 Å². The van der Waals surface area contributed by atoms with Crippen LogP contribution < -0.4 is 5.32 Å². The van der Waals surface area contributed by atoms with Gasteiger partial charge in [-0.25, -0.2) is 4.39 Å². The van der Waals surface area contributed by atoms with Gasteiger partial charge < -0.3 is 10.4 Å². The summed E-state index contributed by atoms with van der Waals surface area (Å²) in [5.74, 6) is -0.386. The highest BCUT2D eigenvalue weighted by molar-refractivity contribution is 6.30. The molecule has 0 heterocycles. The van der Waals surface area contributed by atoms with Crippen LogP contribution in [0.4, 0.5) is 4.39 Å². The Morgan fingerprint density at radius 1 is 1.44 bits per heavy atom. The monoisotopic (exact) mass is 245 g/mol. The lowest BCUT2D eigenvalue weighted by molar-refractivity contribution is 0.283. The maximum absolute atomic E-state index is 13.2. The van der Waals surface area contributed by atoms with E-state index in [9.17, 15) is 4.39 Å². The lowest BCUT2D eigenvalue weighted by Crippen LogP contribution is -2.20. The maximum Gasteiger partial charge on any atom is 0.142 e. The highest BCUT2D eigenvalue weighted by atomic mass is 35.5. The molecular weight excluding hydrogens is 229 g/mol. The highest BCUT2D eigenvalue weighted by Crippen LogP contribution is 2.19. The van der Waals surface area contributed by atoms with Crippen molar-refractivity contribution in [1.29, 1.82) is 0 Å². The Kier molecular flexibility index (Phi) is 5.74. The molecule has 0 amide bonds. The molecule has 1 unspecified atom stereocenters. The molecule has 2 nitrogen and oxygen atoms in total. The topological polar surface area (TPSA) is 32.3 Å². The third-order valence-electron chi connectivity index (χ3n) is 2.48. The summed E-state index contributed by atoms with van der Waals surface area (Å²) in [6.45, 7) is 3.00. The summed E-state index contributed by atoms with van der Waals surface area (Å²) in [6, 6.07) is 4.92. The summed E-state index contributed by atoms with van der Waals surface area (Å²) in [5.41, 5.74) is 0.880. The van der Waals surface area contributed by atoms with E-state index in [2.05, 4.69) is 5.32 Å². The van der Waals surface area contributed by atoms with Crippen LogP contribution in [-0.4, -0.2) is 18.3 Å². The fourth-order valence-corrected chi connectivity index (χ4v) is 1.57. The first-order valence-corrected chi connectivity index (χ1v) is 5.82. The number of aliphatic hydroxyl groups is 1. The van der Waals surface area contributed by atoms with Crippen molar-refractivity contribution < 1.29 is 9.50 Å². The molecule has 1 aromatic rings. The Balaban J connectivity index is 2.46. The van der Waals surface area contributed by atoms with Crippen LogP contribution in [0.25, 0.3) is 0 Å². The summed E-state index contributed by atoms with van der Waals surface area (Å²) < 4.78 is 13.2. The second-order valence-corrected chi connectivity index (χ2v) is 4.19. The molecule has 0 radical (unpaired) electrons. The predicted octanol–water partition coefficient (Wildman–Crippen LogP) is 2.90. The Labute approximate surface area is 100 Å². The zero-order valence-electron chi connectivity index (χ0n) is 9.34. The zero-order chi connectivity index (χ0) is 12.0. The van der Waals surface area contributed by atoms with Crippen molar-refractivity contribution in [1.82, 2.24) is 5.32 Å². The first-order chi connectivity index (χ1) is 7.65. The first-order valence-electron chi connectivity index (χ1n) is 5.44. The molecule has 16 heavy (non-hydrogen) atoms. The van der Waals surface area contributed by atoms with Gasteiger partial charge in [-0.15, -0.1) is 0 Å². The van der Waals surface area contributed by atoms with Crippen molar-refractivity contribution in [2.75, 3.05) is 13.2 Å². The molecule has 0 fully saturated rings. The van der Waals surface area contributed by atoms with E-state index >= 15 is 0 Å². The summed E-state index contributed by atoms with van der Waals surface area (Å²) in [4.78, 5) is 0. The Hall–Kier alpha value is -0.640. The van der Waals surface area contributed by atoms with E-state index in [1.165, 1.54) is 6.07 Å². The van der Waals surface area contributed by atoms with E-state index in [1.807, 2.05) is 13.0 Å². The van der Waals surface area contributed by atoms with Gasteiger partial charge in [-0.3, -0.25) is 0 Å². The van der Waals surface area contributed by atoms with Crippen molar-refractivity contribution in [3.8, 4) is 0 Å². The number of halogens is 2. The fraction of sp³-hybridized carbons (Fsp3) is 0.500. The van der Waals surface area contributed by atoms with Gasteiger partial charge in [0.1, 0.15) is 5.82 Å². The minimum Gasteiger partial charge on any atom is -0.396 e. The molecule has 2 N–H and O–H groups in total. The number of hydrogen-bond donors (Lipinski definition) is 2. The van der Waals surface area contributed by atoms with Crippen LogP contribution in [0.3, 0.4) is 0 Å². The number of hydrogen-bond acceptors (Lipinski definition) is 2. The van der Waals surface area contributed by atoms with Crippen molar-refractivity contribution in [3.05, 3.63) is 34.6 Å². The molecule has 0 spiro atoms. The van der Waals surface area contributed by atoms with Gasteiger partial charge in [-0.2, -0.15) is 0 Å². The molecular formula is C12H17ClFNO. The average molecular weight is 246 g/mol. The van der Waals surface area contributed by atoms with E-state index in [0.717, 1.165) is 24.9 Å². The molecule has 1 aromatic carbocycles. The molecule has 90 valence electrons. The van der Waals surface area contributed by atoms with Crippen molar-refractivity contribution in [2.45, 2.75) is 25.8 Å². The van der Waals surface area contributed by atoms with E-state index in [-0.39, 0.29) is 23.5 Å². The largest absolute Gasteiger partial charge is 0.396 e. The molecule has 0 aliphatic rings.